The van der Waals surface area contributed by atoms with Gasteiger partial charge in [-0.25, -0.2) is 8.42 Å². The van der Waals surface area contributed by atoms with Crippen LogP contribution >= 0.6 is 15.9 Å². The molecule has 1 heterocycles. The van der Waals surface area contributed by atoms with Crippen molar-refractivity contribution in [3.8, 4) is 0 Å². The monoisotopic (exact) mass is 360 g/mol. The molecule has 20 heavy (non-hydrogen) atoms. The molecule has 2 atom stereocenters. The van der Waals surface area contributed by atoms with Gasteiger partial charge in [0, 0.05) is 23.1 Å². The van der Waals surface area contributed by atoms with E-state index in [-0.39, 0.29) is 12.1 Å². The second-order valence-corrected chi connectivity index (χ2v) is 8.11. The number of hydrogen-bond acceptors (Lipinski definition) is 3. The van der Waals surface area contributed by atoms with Crippen LogP contribution in [0.25, 0.3) is 0 Å². The van der Waals surface area contributed by atoms with Crippen LogP contribution in [0.2, 0.25) is 0 Å². The number of nitrogens with zero attached hydrogens (tertiary/aromatic N) is 1. The van der Waals surface area contributed by atoms with Crippen molar-refractivity contribution in [2.45, 2.75) is 50.1 Å². The molecule has 0 saturated carbocycles. The molecule has 0 bridgehead atoms. The second kappa shape index (κ2) is 6.13. The number of sulfonamides is 1. The van der Waals surface area contributed by atoms with E-state index in [1.807, 2.05) is 13.8 Å². The first-order chi connectivity index (χ1) is 9.37. The van der Waals surface area contributed by atoms with Gasteiger partial charge in [-0.1, -0.05) is 22.4 Å². The maximum atomic E-state index is 12.9. The minimum absolute atomic E-state index is 0.00579. The highest BCUT2D eigenvalue weighted by molar-refractivity contribution is 9.10. The Labute approximate surface area is 129 Å². The van der Waals surface area contributed by atoms with Crippen molar-refractivity contribution in [1.29, 1.82) is 0 Å². The van der Waals surface area contributed by atoms with Gasteiger partial charge < -0.3 is 5.73 Å². The zero-order chi connectivity index (χ0) is 14.9. The Morgan fingerprint density at radius 1 is 1.40 bits per heavy atom. The predicted molar refractivity (Wildman–Crippen MR) is 84.1 cm³/mol. The largest absolute Gasteiger partial charge is 0.329 e. The van der Waals surface area contributed by atoms with Gasteiger partial charge in [0.05, 0.1) is 4.90 Å². The maximum absolute atomic E-state index is 12.9. The third-order valence-corrected chi connectivity index (χ3v) is 6.88. The first-order valence-corrected chi connectivity index (χ1v) is 9.11. The lowest BCUT2D eigenvalue weighted by atomic mass is 10.00. The summed E-state index contributed by atoms with van der Waals surface area (Å²) in [7, 11) is -3.48. The molecule has 1 fully saturated rings. The van der Waals surface area contributed by atoms with Gasteiger partial charge in [-0.3, -0.25) is 0 Å². The van der Waals surface area contributed by atoms with Crippen LogP contribution in [0.1, 0.15) is 31.7 Å². The molecule has 4 nitrogen and oxygen atoms in total. The SMILES string of the molecule is Cc1cc(S(=O)(=O)N2C(C)CCCC2CN)ccc1Br. The number of benzene rings is 1. The molecule has 2 N–H and O–H groups in total. The molecule has 0 aromatic heterocycles. The highest BCUT2D eigenvalue weighted by Gasteiger charge is 2.37. The maximum Gasteiger partial charge on any atom is 0.243 e. The molecule has 0 aliphatic carbocycles. The fourth-order valence-electron chi connectivity index (χ4n) is 2.82. The zero-order valence-corrected chi connectivity index (χ0v) is 14.2. The van der Waals surface area contributed by atoms with E-state index in [2.05, 4.69) is 15.9 Å². The molecule has 2 unspecified atom stereocenters. The molecule has 112 valence electrons. The van der Waals surface area contributed by atoms with Gasteiger partial charge >= 0.3 is 0 Å². The Morgan fingerprint density at radius 2 is 2.10 bits per heavy atom. The summed E-state index contributed by atoms with van der Waals surface area (Å²) < 4.78 is 28.3. The molecule has 0 spiro atoms. The molecule has 6 heteroatoms. The first kappa shape index (κ1) is 15.9. The van der Waals surface area contributed by atoms with Gasteiger partial charge in [0.2, 0.25) is 10.0 Å². The van der Waals surface area contributed by atoms with E-state index in [9.17, 15) is 8.42 Å². The van der Waals surface area contributed by atoms with Gasteiger partial charge in [0.25, 0.3) is 0 Å². The average Bonchev–Trinajstić information content (AvgIpc) is 2.41. The number of piperidine rings is 1. The van der Waals surface area contributed by atoms with E-state index in [0.717, 1.165) is 29.3 Å². The summed E-state index contributed by atoms with van der Waals surface area (Å²) >= 11 is 3.40. The lowest BCUT2D eigenvalue weighted by molar-refractivity contribution is 0.196. The summed E-state index contributed by atoms with van der Waals surface area (Å²) in [4.78, 5) is 0.352. The Hall–Kier alpha value is -0.430. The molecule has 1 aromatic carbocycles. The van der Waals surface area contributed by atoms with Crippen LogP contribution in [0.3, 0.4) is 0 Å². The molecule has 1 saturated heterocycles. The van der Waals surface area contributed by atoms with Gasteiger partial charge in [-0.2, -0.15) is 4.31 Å². The van der Waals surface area contributed by atoms with Crippen molar-refractivity contribution >= 4 is 26.0 Å². The minimum Gasteiger partial charge on any atom is -0.329 e. The number of nitrogens with two attached hydrogens (primary N) is 1. The van der Waals surface area contributed by atoms with Crippen LogP contribution in [0.15, 0.2) is 27.6 Å². The smallest absolute Gasteiger partial charge is 0.243 e. The Balaban J connectivity index is 2.44. The highest BCUT2D eigenvalue weighted by atomic mass is 79.9. The van der Waals surface area contributed by atoms with Gasteiger partial charge in [-0.05, 0) is 50.5 Å². The average molecular weight is 361 g/mol. The van der Waals surface area contributed by atoms with E-state index >= 15 is 0 Å². The van der Waals surface area contributed by atoms with Gasteiger partial charge in [0.1, 0.15) is 0 Å². The summed E-state index contributed by atoms with van der Waals surface area (Å²) in [6.45, 7) is 4.23. The Kier molecular flexibility index (Phi) is 4.89. The third kappa shape index (κ3) is 2.93. The highest BCUT2D eigenvalue weighted by Crippen LogP contribution is 2.30. The van der Waals surface area contributed by atoms with Crippen LogP contribution < -0.4 is 5.73 Å². The number of hydrogen-bond donors (Lipinski definition) is 1. The van der Waals surface area contributed by atoms with Crippen LogP contribution in [0.5, 0.6) is 0 Å². The second-order valence-electron chi connectivity index (χ2n) is 5.42. The molecule has 2 rings (SSSR count). The lowest BCUT2D eigenvalue weighted by Gasteiger charge is -2.39. The summed E-state index contributed by atoms with van der Waals surface area (Å²) in [5, 5.41) is 0. The van der Waals surface area contributed by atoms with E-state index in [4.69, 9.17) is 5.73 Å². The molecular formula is C14H21BrN2O2S. The van der Waals surface area contributed by atoms with Crippen molar-refractivity contribution < 1.29 is 8.42 Å². The predicted octanol–water partition coefficient (Wildman–Crippen LogP) is 2.65. The third-order valence-electron chi connectivity index (χ3n) is 3.93. The van der Waals surface area contributed by atoms with Crippen molar-refractivity contribution in [2.75, 3.05) is 6.54 Å². The Bertz CT molecular complexity index is 589. The molecule has 0 radical (unpaired) electrons. The normalized spacial score (nSPS) is 24.8. The molecule has 1 aliphatic heterocycles. The van der Waals surface area contributed by atoms with Gasteiger partial charge in [-0.15, -0.1) is 0 Å². The van der Waals surface area contributed by atoms with E-state index in [1.54, 1.807) is 22.5 Å². The van der Waals surface area contributed by atoms with Crippen LogP contribution in [0, 0.1) is 6.92 Å². The zero-order valence-electron chi connectivity index (χ0n) is 11.8. The molecule has 1 aliphatic rings. The molecule has 1 aromatic rings. The van der Waals surface area contributed by atoms with Crippen LogP contribution in [-0.2, 0) is 10.0 Å². The summed E-state index contributed by atoms with van der Waals surface area (Å²) in [5.41, 5.74) is 6.69. The summed E-state index contributed by atoms with van der Waals surface area (Å²) in [5.74, 6) is 0. The van der Waals surface area contributed by atoms with Crippen molar-refractivity contribution in [2.24, 2.45) is 5.73 Å². The fourth-order valence-corrected chi connectivity index (χ4v) is 5.04. The topological polar surface area (TPSA) is 63.4 Å². The van der Waals surface area contributed by atoms with Crippen molar-refractivity contribution in [1.82, 2.24) is 4.31 Å². The fraction of sp³-hybridized carbons (Fsp3) is 0.571. The first-order valence-electron chi connectivity index (χ1n) is 6.87. The molecule has 0 amide bonds. The van der Waals surface area contributed by atoms with E-state index in [1.165, 1.54) is 0 Å². The van der Waals surface area contributed by atoms with Crippen LogP contribution in [0.4, 0.5) is 0 Å². The van der Waals surface area contributed by atoms with E-state index in [0.29, 0.717) is 11.4 Å². The summed E-state index contributed by atoms with van der Waals surface area (Å²) in [6, 6.07) is 5.07. The number of rotatable bonds is 3. The quantitative estimate of drug-likeness (QED) is 0.900. The Morgan fingerprint density at radius 3 is 2.70 bits per heavy atom. The van der Waals surface area contributed by atoms with Crippen molar-refractivity contribution in [3.63, 3.8) is 0 Å². The summed E-state index contributed by atoms with van der Waals surface area (Å²) in [6.07, 6.45) is 2.77. The number of halogens is 1. The van der Waals surface area contributed by atoms with E-state index < -0.39 is 10.0 Å². The number of aryl methyl sites for hydroxylation is 1. The minimum atomic E-state index is -3.48. The standard InChI is InChI=1S/C14H21BrN2O2S/c1-10-8-13(6-7-14(10)15)20(18,19)17-11(2)4-3-5-12(17)9-16/h6-8,11-12H,3-5,9,16H2,1-2H3. The lowest BCUT2D eigenvalue weighted by Crippen LogP contribution is -2.51. The van der Waals surface area contributed by atoms with Crippen LogP contribution in [-0.4, -0.2) is 31.4 Å². The molecular weight excluding hydrogens is 340 g/mol. The van der Waals surface area contributed by atoms with Gasteiger partial charge in [0.15, 0.2) is 0 Å². The van der Waals surface area contributed by atoms with Crippen molar-refractivity contribution in [3.05, 3.63) is 28.2 Å².